The summed E-state index contributed by atoms with van der Waals surface area (Å²) < 4.78 is 23.9. The van der Waals surface area contributed by atoms with E-state index in [0.717, 1.165) is 11.2 Å². The van der Waals surface area contributed by atoms with Gasteiger partial charge >= 0.3 is 7.60 Å². The van der Waals surface area contributed by atoms with Crippen LogP contribution in [0.2, 0.25) is 0 Å². The van der Waals surface area contributed by atoms with E-state index in [4.69, 9.17) is 9.05 Å². The second kappa shape index (κ2) is 5.93. The molecule has 0 saturated heterocycles. The van der Waals surface area contributed by atoms with E-state index in [1.54, 1.807) is 0 Å². The van der Waals surface area contributed by atoms with Crippen LogP contribution in [-0.4, -0.2) is 24.0 Å². The third-order valence-electron chi connectivity index (χ3n) is 3.81. The molecule has 1 aliphatic heterocycles. The first-order valence-corrected chi connectivity index (χ1v) is 8.99. The fourth-order valence-electron chi connectivity index (χ4n) is 2.93. The highest BCUT2D eigenvalue weighted by atomic mass is 31.2. The van der Waals surface area contributed by atoms with Gasteiger partial charge in [0.2, 0.25) is 0 Å². The Morgan fingerprint density at radius 2 is 1.95 bits per heavy atom. The Kier molecular flexibility index (Phi) is 4.18. The van der Waals surface area contributed by atoms with Crippen LogP contribution in [0.3, 0.4) is 0 Å². The summed E-state index contributed by atoms with van der Waals surface area (Å²) in [4.78, 5) is 3.42. The van der Waals surface area contributed by atoms with E-state index >= 15 is 0 Å². The third kappa shape index (κ3) is 2.67. The first-order valence-electron chi connectivity index (χ1n) is 7.38. The molecule has 5 nitrogen and oxygen atoms in total. The molecule has 0 bridgehead atoms. The van der Waals surface area contributed by atoms with E-state index in [1.807, 2.05) is 26.0 Å². The van der Waals surface area contributed by atoms with Crippen LogP contribution in [0.25, 0.3) is 10.9 Å². The maximum absolute atomic E-state index is 12.9. The number of para-hydroxylation sites is 1. The summed E-state index contributed by atoms with van der Waals surface area (Å²) in [5.41, 5.74) is 3.49. The molecule has 0 fully saturated rings. The van der Waals surface area contributed by atoms with Gasteiger partial charge in [-0.15, -0.1) is 0 Å². The van der Waals surface area contributed by atoms with Crippen LogP contribution in [0.5, 0.6) is 0 Å². The predicted octanol–water partition coefficient (Wildman–Crippen LogP) is 3.41. The lowest BCUT2D eigenvalue weighted by Gasteiger charge is -2.30. The molecule has 1 atom stereocenters. The van der Waals surface area contributed by atoms with Crippen molar-refractivity contribution >= 4 is 18.5 Å². The highest BCUT2D eigenvalue weighted by Crippen LogP contribution is 2.54. The Bertz CT molecular complexity index is 673. The molecule has 0 radical (unpaired) electrons. The van der Waals surface area contributed by atoms with E-state index in [-0.39, 0.29) is 5.78 Å². The zero-order chi connectivity index (χ0) is 14.9. The van der Waals surface area contributed by atoms with Gasteiger partial charge in [0.25, 0.3) is 0 Å². The summed E-state index contributed by atoms with van der Waals surface area (Å²) in [6.07, 6.45) is 0.649. The molecule has 1 unspecified atom stereocenters. The van der Waals surface area contributed by atoms with Crippen LogP contribution in [0.15, 0.2) is 24.3 Å². The second-order valence-corrected chi connectivity index (χ2v) is 7.32. The molecular weight excluding hydrogens is 287 g/mol. The van der Waals surface area contributed by atoms with Gasteiger partial charge in [-0.05, 0) is 25.5 Å². The first kappa shape index (κ1) is 14.8. The Morgan fingerprint density at radius 1 is 1.24 bits per heavy atom. The topological polar surface area (TPSA) is 63.4 Å². The Hall–Kier alpha value is -1.13. The van der Waals surface area contributed by atoms with Crippen LogP contribution in [0.1, 0.15) is 25.1 Å². The Balaban J connectivity index is 1.94. The van der Waals surface area contributed by atoms with Crippen LogP contribution in [0, 0.1) is 0 Å². The first-order chi connectivity index (χ1) is 10.2. The number of aromatic amines is 1. The van der Waals surface area contributed by atoms with Crippen molar-refractivity contribution < 1.29 is 13.6 Å². The van der Waals surface area contributed by atoms with Crippen molar-refractivity contribution in [1.82, 2.24) is 10.3 Å². The molecule has 2 aromatic rings. The molecule has 3 rings (SSSR count). The smallest absolute Gasteiger partial charge is 0.347 e. The number of nitrogens with one attached hydrogen (secondary N) is 2. The van der Waals surface area contributed by atoms with Crippen molar-refractivity contribution in [3.05, 3.63) is 35.5 Å². The minimum atomic E-state index is -3.13. The fourth-order valence-corrected chi connectivity index (χ4v) is 4.80. The summed E-state index contributed by atoms with van der Waals surface area (Å²) in [6, 6.07) is 8.20. The SMILES string of the molecule is CCOP(=O)(OCC)C1Cc2c([nH]c3ccccc23)CN1. The molecule has 1 aliphatic rings. The Morgan fingerprint density at radius 3 is 2.67 bits per heavy atom. The second-order valence-electron chi connectivity index (χ2n) is 5.10. The number of benzene rings is 1. The largest absolute Gasteiger partial charge is 0.357 e. The Labute approximate surface area is 124 Å². The summed E-state index contributed by atoms with van der Waals surface area (Å²) in [5, 5.41) is 4.50. The predicted molar refractivity (Wildman–Crippen MR) is 83.5 cm³/mol. The molecule has 0 saturated carbocycles. The maximum Gasteiger partial charge on any atom is 0.347 e. The van der Waals surface area contributed by atoms with E-state index < -0.39 is 7.60 Å². The van der Waals surface area contributed by atoms with Gasteiger partial charge in [-0.2, -0.15) is 0 Å². The number of hydrogen-bond donors (Lipinski definition) is 2. The molecule has 2 N–H and O–H groups in total. The summed E-state index contributed by atoms with van der Waals surface area (Å²) in [7, 11) is -3.13. The maximum atomic E-state index is 12.9. The molecule has 1 aromatic heterocycles. The minimum absolute atomic E-state index is 0.288. The number of aromatic nitrogens is 1. The quantitative estimate of drug-likeness (QED) is 0.831. The molecule has 2 heterocycles. The number of H-pyrrole nitrogens is 1. The monoisotopic (exact) mass is 308 g/mol. The summed E-state index contributed by atoms with van der Waals surface area (Å²) in [5.74, 6) is -0.288. The molecule has 0 spiro atoms. The van der Waals surface area contributed by atoms with Crippen LogP contribution in [-0.2, 0) is 26.6 Å². The van der Waals surface area contributed by atoms with Crippen molar-refractivity contribution in [3.8, 4) is 0 Å². The van der Waals surface area contributed by atoms with Gasteiger partial charge in [0.1, 0.15) is 5.78 Å². The van der Waals surface area contributed by atoms with Crippen LogP contribution >= 0.6 is 7.60 Å². The van der Waals surface area contributed by atoms with Crippen molar-refractivity contribution in [2.24, 2.45) is 0 Å². The number of fused-ring (bicyclic) bond motifs is 3. The van der Waals surface area contributed by atoms with Gasteiger partial charge in [-0.3, -0.25) is 9.88 Å². The average Bonchev–Trinajstić information content (AvgIpc) is 2.85. The van der Waals surface area contributed by atoms with Gasteiger partial charge in [0, 0.05) is 29.6 Å². The highest BCUT2D eigenvalue weighted by Gasteiger charge is 2.38. The zero-order valence-electron chi connectivity index (χ0n) is 12.4. The van der Waals surface area contributed by atoms with Crippen molar-refractivity contribution in [2.45, 2.75) is 32.6 Å². The molecule has 21 heavy (non-hydrogen) atoms. The summed E-state index contributed by atoms with van der Waals surface area (Å²) in [6.45, 7) is 5.10. The van der Waals surface area contributed by atoms with Gasteiger partial charge < -0.3 is 14.0 Å². The number of rotatable bonds is 5. The van der Waals surface area contributed by atoms with Gasteiger partial charge in [0.05, 0.1) is 13.2 Å². The van der Waals surface area contributed by atoms with E-state index in [2.05, 4.69) is 22.4 Å². The molecule has 1 aromatic carbocycles. The van der Waals surface area contributed by atoms with Crippen LogP contribution in [0.4, 0.5) is 0 Å². The van der Waals surface area contributed by atoms with Crippen LogP contribution < -0.4 is 5.32 Å². The lowest BCUT2D eigenvalue weighted by molar-refractivity contribution is 0.205. The molecule has 114 valence electrons. The minimum Gasteiger partial charge on any atom is -0.357 e. The normalized spacial score (nSPS) is 18.9. The lowest BCUT2D eigenvalue weighted by Crippen LogP contribution is -2.36. The standard InChI is InChI=1S/C15H21N2O3P/c1-3-19-21(18,20-4-2)15-9-12-11-7-5-6-8-13(11)17-14(12)10-16-15/h5-8,15-17H,3-4,9-10H2,1-2H3. The molecule has 6 heteroatoms. The van der Waals surface area contributed by atoms with Gasteiger partial charge in [0.15, 0.2) is 0 Å². The van der Waals surface area contributed by atoms with E-state index in [1.165, 1.54) is 10.9 Å². The molecule has 0 aliphatic carbocycles. The van der Waals surface area contributed by atoms with Gasteiger partial charge in [-0.1, -0.05) is 18.2 Å². The van der Waals surface area contributed by atoms with Gasteiger partial charge in [-0.25, -0.2) is 0 Å². The zero-order valence-corrected chi connectivity index (χ0v) is 13.3. The third-order valence-corrected chi connectivity index (χ3v) is 6.18. The lowest BCUT2D eigenvalue weighted by atomic mass is 10.0. The molecule has 0 amide bonds. The number of hydrogen-bond acceptors (Lipinski definition) is 4. The van der Waals surface area contributed by atoms with Crippen molar-refractivity contribution in [3.63, 3.8) is 0 Å². The average molecular weight is 308 g/mol. The van der Waals surface area contributed by atoms with E-state index in [9.17, 15) is 4.57 Å². The van der Waals surface area contributed by atoms with Crippen molar-refractivity contribution in [2.75, 3.05) is 13.2 Å². The summed E-state index contributed by atoms with van der Waals surface area (Å²) >= 11 is 0. The fraction of sp³-hybridized carbons (Fsp3) is 0.467. The van der Waals surface area contributed by atoms with E-state index in [0.29, 0.717) is 26.2 Å². The molecular formula is C15H21N2O3P. The highest BCUT2D eigenvalue weighted by molar-refractivity contribution is 7.54. The van der Waals surface area contributed by atoms with Crippen molar-refractivity contribution in [1.29, 1.82) is 0 Å².